The van der Waals surface area contributed by atoms with Crippen LogP contribution in [0.4, 0.5) is 0 Å². The Labute approximate surface area is 89.5 Å². The molecule has 0 amide bonds. The summed E-state index contributed by atoms with van der Waals surface area (Å²) in [4.78, 5) is 0. The van der Waals surface area contributed by atoms with Crippen molar-refractivity contribution in [1.82, 2.24) is 0 Å². The van der Waals surface area contributed by atoms with Gasteiger partial charge in [-0.05, 0) is 62.2 Å². The Bertz CT molecular complexity index is 159. The highest BCUT2D eigenvalue weighted by atomic mass is 14.4. The van der Waals surface area contributed by atoms with Gasteiger partial charge in [0.25, 0.3) is 0 Å². The van der Waals surface area contributed by atoms with Crippen molar-refractivity contribution in [3.05, 3.63) is 0 Å². The third-order valence-electron chi connectivity index (χ3n) is 4.74. The lowest BCUT2D eigenvalue weighted by Gasteiger charge is -2.47. The Kier molecular flexibility index (Phi) is 3.19. The van der Waals surface area contributed by atoms with Crippen LogP contribution in [0.2, 0.25) is 0 Å². The smallest absolute Gasteiger partial charge is 0.0297 e. The molecule has 0 aromatic carbocycles. The maximum atomic E-state index is 2.36. The van der Waals surface area contributed by atoms with Crippen molar-refractivity contribution in [3.63, 3.8) is 0 Å². The van der Waals surface area contributed by atoms with Gasteiger partial charge in [0.1, 0.15) is 0 Å². The van der Waals surface area contributed by atoms with Gasteiger partial charge in [-0.15, -0.1) is 0 Å². The fourth-order valence-corrected chi connectivity index (χ4v) is 3.60. The molecule has 0 unspecified atom stereocenters. The maximum Gasteiger partial charge on any atom is -0.0297 e. The number of hydrogen-bond acceptors (Lipinski definition) is 0. The first kappa shape index (κ1) is 10.5. The normalized spacial score (nSPS) is 36.6. The largest absolute Gasteiger partial charge is 0.0628 e. The van der Waals surface area contributed by atoms with Crippen LogP contribution in [-0.4, -0.2) is 0 Å². The Morgan fingerprint density at radius 1 is 1.07 bits per heavy atom. The van der Waals surface area contributed by atoms with E-state index in [1.165, 1.54) is 19.3 Å². The van der Waals surface area contributed by atoms with Crippen LogP contribution in [-0.2, 0) is 0 Å². The van der Waals surface area contributed by atoms with Gasteiger partial charge in [-0.2, -0.15) is 0 Å². The molecule has 3 aliphatic rings. The number of fused-ring (bicyclic) bond motifs is 3. The quantitative estimate of drug-likeness (QED) is 0.604. The molecule has 0 N–H and O–H groups in total. The first-order valence-corrected chi connectivity index (χ1v) is 6.70. The van der Waals surface area contributed by atoms with E-state index >= 15 is 0 Å². The van der Waals surface area contributed by atoms with Gasteiger partial charge in [0, 0.05) is 0 Å². The van der Waals surface area contributed by atoms with E-state index in [-0.39, 0.29) is 0 Å². The summed E-state index contributed by atoms with van der Waals surface area (Å²) in [5.41, 5.74) is 0.823. The second-order valence-corrected chi connectivity index (χ2v) is 6.27. The van der Waals surface area contributed by atoms with E-state index in [4.69, 9.17) is 0 Å². The van der Waals surface area contributed by atoms with Gasteiger partial charge in [0.05, 0.1) is 0 Å². The van der Waals surface area contributed by atoms with Crippen LogP contribution in [0.1, 0.15) is 71.6 Å². The summed E-state index contributed by atoms with van der Waals surface area (Å²) >= 11 is 0. The third kappa shape index (κ3) is 2.32. The van der Waals surface area contributed by atoms with Crippen LogP contribution in [0.15, 0.2) is 0 Å². The van der Waals surface area contributed by atoms with Gasteiger partial charge >= 0.3 is 0 Å². The summed E-state index contributed by atoms with van der Waals surface area (Å²) in [7, 11) is 0. The van der Waals surface area contributed by atoms with E-state index in [0.29, 0.717) is 0 Å². The Balaban J connectivity index is 1.77. The van der Waals surface area contributed by atoms with Crippen LogP contribution in [0, 0.1) is 17.3 Å². The molecule has 0 nitrogen and oxygen atoms in total. The summed E-state index contributed by atoms with van der Waals surface area (Å²) < 4.78 is 0. The van der Waals surface area contributed by atoms with Gasteiger partial charge in [-0.3, -0.25) is 0 Å². The van der Waals surface area contributed by atoms with Crippen molar-refractivity contribution in [2.75, 3.05) is 0 Å². The average Bonchev–Trinajstić information content (AvgIpc) is 2.19. The number of rotatable bonds is 4. The van der Waals surface area contributed by atoms with E-state index in [1.54, 1.807) is 38.5 Å². The molecule has 82 valence electrons. The van der Waals surface area contributed by atoms with Gasteiger partial charge in [0.15, 0.2) is 0 Å². The molecule has 0 saturated heterocycles. The molecular weight excluding hydrogens is 168 g/mol. The highest BCUT2D eigenvalue weighted by Crippen LogP contribution is 2.52. The van der Waals surface area contributed by atoms with Crippen molar-refractivity contribution in [2.24, 2.45) is 17.3 Å². The molecule has 0 aliphatic heterocycles. The summed E-state index contributed by atoms with van der Waals surface area (Å²) in [6.45, 7) is 4.71. The molecule has 2 bridgehead atoms. The maximum absolute atomic E-state index is 2.36. The highest BCUT2D eigenvalue weighted by Gasteiger charge is 2.39. The second kappa shape index (κ2) is 4.24. The molecule has 3 fully saturated rings. The molecule has 0 spiro atoms. The summed E-state index contributed by atoms with van der Waals surface area (Å²) in [5, 5.41) is 0. The van der Waals surface area contributed by atoms with Crippen molar-refractivity contribution >= 4 is 0 Å². The molecule has 3 saturated carbocycles. The highest BCUT2D eigenvalue weighted by molar-refractivity contribution is 4.91. The van der Waals surface area contributed by atoms with Crippen LogP contribution in [0.5, 0.6) is 0 Å². The summed E-state index contributed by atoms with van der Waals surface area (Å²) in [6.07, 6.45) is 13.8. The standard InChI is InChI=1S/C14H26/c1-12(2)4-3-8-14-9-5-13(6-10-14)7-11-14/h12-13H,3-11H2,1-2H3. The molecule has 3 aliphatic carbocycles. The molecule has 0 aromatic rings. The first-order valence-electron chi connectivity index (χ1n) is 6.70. The van der Waals surface area contributed by atoms with Gasteiger partial charge in [-0.1, -0.05) is 26.7 Å². The molecule has 0 atom stereocenters. The van der Waals surface area contributed by atoms with E-state index in [0.717, 1.165) is 17.3 Å². The van der Waals surface area contributed by atoms with Crippen molar-refractivity contribution < 1.29 is 0 Å². The Morgan fingerprint density at radius 2 is 1.64 bits per heavy atom. The Hall–Kier alpha value is 0. The topological polar surface area (TPSA) is 0 Å². The monoisotopic (exact) mass is 194 g/mol. The minimum absolute atomic E-state index is 0.823. The first-order chi connectivity index (χ1) is 6.70. The van der Waals surface area contributed by atoms with E-state index in [9.17, 15) is 0 Å². The average molecular weight is 194 g/mol. The minimum Gasteiger partial charge on any atom is -0.0628 e. The lowest BCUT2D eigenvalue weighted by molar-refractivity contribution is 0.0534. The van der Waals surface area contributed by atoms with Crippen molar-refractivity contribution in [2.45, 2.75) is 71.6 Å². The lowest BCUT2D eigenvalue weighted by atomic mass is 9.59. The summed E-state index contributed by atoms with van der Waals surface area (Å²) in [6, 6.07) is 0. The molecule has 0 radical (unpaired) electrons. The second-order valence-electron chi connectivity index (χ2n) is 6.27. The number of hydrogen-bond donors (Lipinski definition) is 0. The van der Waals surface area contributed by atoms with Crippen LogP contribution >= 0.6 is 0 Å². The molecule has 0 aromatic heterocycles. The van der Waals surface area contributed by atoms with E-state index in [2.05, 4.69) is 13.8 Å². The van der Waals surface area contributed by atoms with Gasteiger partial charge < -0.3 is 0 Å². The predicted octanol–water partition coefficient (Wildman–Crippen LogP) is 4.78. The van der Waals surface area contributed by atoms with Gasteiger partial charge in [-0.25, -0.2) is 0 Å². The fraction of sp³-hybridized carbons (Fsp3) is 1.00. The minimum atomic E-state index is 0.823. The van der Waals surface area contributed by atoms with Crippen LogP contribution in [0.25, 0.3) is 0 Å². The fourth-order valence-electron chi connectivity index (χ4n) is 3.60. The van der Waals surface area contributed by atoms with Crippen molar-refractivity contribution in [3.8, 4) is 0 Å². The zero-order chi connectivity index (χ0) is 10.0. The molecule has 14 heavy (non-hydrogen) atoms. The molecule has 0 heteroatoms. The van der Waals surface area contributed by atoms with E-state index < -0.39 is 0 Å². The third-order valence-corrected chi connectivity index (χ3v) is 4.74. The molecule has 3 rings (SSSR count). The lowest BCUT2D eigenvalue weighted by Crippen LogP contribution is -2.33. The molecule has 0 heterocycles. The summed E-state index contributed by atoms with van der Waals surface area (Å²) in [5.74, 6) is 2.04. The zero-order valence-corrected chi connectivity index (χ0v) is 10.0. The van der Waals surface area contributed by atoms with Crippen LogP contribution < -0.4 is 0 Å². The Morgan fingerprint density at radius 3 is 2.14 bits per heavy atom. The molecular formula is C14H26. The predicted molar refractivity (Wildman–Crippen MR) is 62.3 cm³/mol. The zero-order valence-electron chi connectivity index (χ0n) is 10.0. The van der Waals surface area contributed by atoms with Gasteiger partial charge in [0.2, 0.25) is 0 Å². The van der Waals surface area contributed by atoms with Crippen molar-refractivity contribution in [1.29, 1.82) is 0 Å². The van der Waals surface area contributed by atoms with Crippen LogP contribution in [0.3, 0.4) is 0 Å². The SMILES string of the molecule is CC(C)CCCC12CCC(CC1)CC2. The van der Waals surface area contributed by atoms with E-state index in [1.807, 2.05) is 0 Å².